The maximum Gasteiger partial charge on any atom is 0.262 e. The molecule has 0 atom stereocenters. The third-order valence-electron chi connectivity index (χ3n) is 3.65. The molecule has 8 nitrogen and oxygen atoms in total. The number of aromatic nitrogens is 2. The van der Waals surface area contributed by atoms with Crippen molar-refractivity contribution >= 4 is 38.9 Å². The molecule has 2 aromatic carbocycles. The number of methoxy groups -OCH3 is 1. The molecule has 0 unspecified atom stereocenters. The monoisotopic (exact) mass is 418 g/mol. The average Bonchev–Trinajstić information content (AvgIpc) is 2.69. The SMILES string of the molecule is COc1ncncc1NS(=O)(=O)c1ccc(NC(=O)c2ccccc2Cl)cc1. The van der Waals surface area contributed by atoms with Gasteiger partial charge in [-0.3, -0.25) is 9.52 Å². The third kappa shape index (κ3) is 4.38. The molecule has 0 spiro atoms. The topological polar surface area (TPSA) is 110 Å². The summed E-state index contributed by atoms with van der Waals surface area (Å²) in [5.74, 6) is -0.298. The quantitative estimate of drug-likeness (QED) is 0.636. The second kappa shape index (κ2) is 8.24. The number of rotatable bonds is 6. The lowest BCUT2D eigenvalue weighted by Gasteiger charge is -2.11. The number of sulfonamides is 1. The van der Waals surface area contributed by atoms with Gasteiger partial charge in [0, 0.05) is 5.69 Å². The molecule has 0 aliphatic heterocycles. The van der Waals surface area contributed by atoms with E-state index in [9.17, 15) is 13.2 Å². The second-order valence-electron chi connectivity index (χ2n) is 5.51. The number of nitrogens with zero attached hydrogens (tertiary/aromatic N) is 2. The van der Waals surface area contributed by atoms with Gasteiger partial charge in [-0.15, -0.1) is 0 Å². The Labute approximate surface area is 166 Å². The second-order valence-corrected chi connectivity index (χ2v) is 7.60. The molecule has 3 aromatic rings. The highest BCUT2D eigenvalue weighted by atomic mass is 35.5. The summed E-state index contributed by atoms with van der Waals surface area (Å²) in [6.07, 6.45) is 2.54. The summed E-state index contributed by atoms with van der Waals surface area (Å²) in [6.45, 7) is 0. The minimum Gasteiger partial charge on any atom is -0.479 e. The maximum absolute atomic E-state index is 12.5. The smallest absolute Gasteiger partial charge is 0.262 e. The lowest BCUT2D eigenvalue weighted by atomic mass is 10.2. The fourth-order valence-electron chi connectivity index (χ4n) is 2.32. The molecular formula is C18H15ClN4O4S. The van der Waals surface area contributed by atoms with Crippen molar-refractivity contribution in [2.75, 3.05) is 17.1 Å². The van der Waals surface area contributed by atoms with Gasteiger partial charge in [0.2, 0.25) is 5.88 Å². The van der Waals surface area contributed by atoms with Crippen LogP contribution < -0.4 is 14.8 Å². The molecule has 1 aromatic heterocycles. The number of anilines is 2. The first-order chi connectivity index (χ1) is 13.4. The van der Waals surface area contributed by atoms with Gasteiger partial charge in [-0.25, -0.2) is 13.4 Å². The summed E-state index contributed by atoms with van der Waals surface area (Å²) in [5.41, 5.74) is 0.851. The summed E-state index contributed by atoms with van der Waals surface area (Å²) < 4.78 is 32.5. The molecule has 2 N–H and O–H groups in total. The van der Waals surface area contributed by atoms with Crippen molar-refractivity contribution in [2.45, 2.75) is 4.90 Å². The van der Waals surface area contributed by atoms with Crippen LogP contribution in [0.25, 0.3) is 0 Å². The van der Waals surface area contributed by atoms with E-state index < -0.39 is 15.9 Å². The molecule has 0 aliphatic rings. The zero-order chi connectivity index (χ0) is 20.1. The first kappa shape index (κ1) is 19.6. The molecule has 0 aliphatic carbocycles. The number of benzene rings is 2. The molecule has 0 bridgehead atoms. The zero-order valence-electron chi connectivity index (χ0n) is 14.6. The molecular weight excluding hydrogens is 404 g/mol. The number of carbonyl (C=O) groups excluding carboxylic acids is 1. The molecule has 10 heteroatoms. The molecule has 1 amide bonds. The predicted molar refractivity (Wildman–Crippen MR) is 105 cm³/mol. The van der Waals surface area contributed by atoms with Crippen molar-refractivity contribution in [3.05, 3.63) is 71.6 Å². The van der Waals surface area contributed by atoms with E-state index in [2.05, 4.69) is 20.0 Å². The number of carbonyl (C=O) groups is 1. The highest BCUT2D eigenvalue weighted by Crippen LogP contribution is 2.24. The molecule has 0 saturated heterocycles. The Morgan fingerprint density at radius 3 is 2.50 bits per heavy atom. The van der Waals surface area contributed by atoms with Crippen LogP contribution >= 0.6 is 11.6 Å². The normalized spacial score (nSPS) is 10.9. The highest BCUT2D eigenvalue weighted by molar-refractivity contribution is 7.92. The largest absolute Gasteiger partial charge is 0.479 e. The first-order valence-corrected chi connectivity index (χ1v) is 9.79. The molecule has 3 rings (SSSR count). The highest BCUT2D eigenvalue weighted by Gasteiger charge is 2.18. The van der Waals surface area contributed by atoms with Gasteiger partial charge < -0.3 is 10.1 Å². The van der Waals surface area contributed by atoms with Crippen molar-refractivity contribution in [1.82, 2.24) is 9.97 Å². The number of nitrogens with one attached hydrogen (secondary N) is 2. The van der Waals surface area contributed by atoms with Crippen LogP contribution in [-0.4, -0.2) is 31.4 Å². The Morgan fingerprint density at radius 2 is 1.82 bits per heavy atom. The number of ether oxygens (including phenoxy) is 1. The van der Waals surface area contributed by atoms with Crippen molar-refractivity contribution in [1.29, 1.82) is 0 Å². The summed E-state index contributed by atoms with van der Waals surface area (Å²) >= 11 is 6.00. The van der Waals surface area contributed by atoms with Gasteiger partial charge in [-0.05, 0) is 36.4 Å². The lowest BCUT2D eigenvalue weighted by Crippen LogP contribution is -2.15. The van der Waals surface area contributed by atoms with Crippen molar-refractivity contribution < 1.29 is 17.9 Å². The molecule has 28 heavy (non-hydrogen) atoms. The Balaban J connectivity index is 1.76. The molecule has 0 saturated carbocycles. The van der Waals surface area contributed by atoms with Crippen LogP contribution in [0.1, 0.15) is 10.4 Å². The standard InChI is InChI=1S/C18H15ClN4O4S/c1-27-18-16(10-20-11-21-18)23-28(25,26)13-8-6-12(7-9-13)22-17(24)14-4-2-3-5-15(14)19/h2-11,23H,1H3,(H,22,24). The van der Waals surface area contributed by atoms with Crippen molar-refractivity contribution in [3.8, 4) is 5.88 Å². The molecule has 0 fully saturated rings. The first-order valence-electron chi connectivity index (χ1n) is 7.93. The van der Waals surface area contributed by atoms with E-state index in [1.807, 2.05) is 0 Å². The van der Waals surface area contributed by atoms with Crippen LogP contribution in [0.2, 0.25) is 5.02 Å². The number of hydrogen-bond donors (Lipinski definition) is 2. The molecule has 0 radical (unpaired) electrons. The minimum absolute atomic E-state index is 0.00542. The average molecular weight is 419 g/mol. The summed E-state index contributed by atoms with van der Waals surface area (Å²) in [6, 6.07) is 12.3. The van der Waals surface area contributed by atoms with Crippen molar-refractivity contribution in [2.24, 2.45) is 0 Å². The lowest BCUT2D eigenvalue weighted by molar-refractivity contribution is 0.102. The Bertz CT molecular complexity index is 1100. The van der Waals surface area contributed by atoms with Crippen molar-refractivity contribution in [3.63, 3.8) is 0 Å². The van der Waals surface area contributed by atoms with Crippen LogP contribution in [0.15, 0.2) is 66.0 Å². The van der Waals surface area contributed by atoms with Gasteiger partial charge in [0.15, 0.2) is 0 Å². The number of halogens is 1. The predicted octanol–water partition coefficient (Wildman–Crippen LogP) is 3.19. The van der Waals surface area contributed by atoms with Gasteiger partial charge in [0.05, 0.1) is 28.8 Å². The minimum atomic E-state index is -3.89. The van der Waals surface area contributed by atoms with Crippen LogP contribution in [0.5, 0.6) is 5.88 Å². The third-order valence-corrected chi connectivity index (χ3v) is 5.37. The summed E-state index contributed by atoms with van der Waals surface area (Å²) in [4.78, 5) is 19.9. The maximum atomic E-state index is 12.5. The molecule has 1 heterocycles. The van der Waals surface area contributed by atoms with Crippen LogP contribution in [-0.2, 0) is 10.0 Å². The number of hydrogen-bond acceptors (Lipinski definition) is 6. The van der Waals surface area contributed by atoms with E-state index in [1.54, 1.807) is 24.3 Å². The van der Waals surface area contributed by atoms with Crippen LogP contribution in [0, 0.1) is 0 Å². The van der Waals surface area contributed by atoms with E-state index in [1.165, 1.54) is 43.9 Å². The summed E-state index contributed by atoms with van der Waals surface area (Å²) in [5, 5.41) is 2.99. The van der Waals surface area contributed by atoms with Crippen LogP contribution in [0.4, 0.5) is 11.4 Å². The molecule has 144 valence electrons. The summed E-state index contributed by atoms with van der Waals surface area (Å²) in [7, 11) is -2.52. The van der Waals surface area contributed by atoms with Crippen LogP contribution in [0.3, 0.4) is 0 Å². The van der Waals surface area contributed by atoms with Gasteiger partial charge in [-0.2, -0.15) is 4.98 Å². The zero-order valence-corrected chi connectivity index (χ0v) is 16.2. The van der Waals surface area contributed by atoms with E-state index in [-0.39, 0.29) is 16.5 Å². The van der Waals surface area contributed by atoms with Gasteiger partial charge in [-0.1, -0.05) is 23.7 Å². The van der Waals surface area contributed by atoms with E-state index in [4.69, 9.17) is 16.3 Å². The van der Waals surface area contributed by atoms with E-state index >= 15 is 0 Å². The fraction of sp³-hybridized carbons (Fsp3) is 0.0556. The van der Waals surface area contributed by atoms with Gasteiger partial charge in [0.1, 0.15) is 12.0 Å². The van der Waals surface area contributed by atoms with Gasteiger partial charge >= 0.3 is 0 Å². The Hall–Kier alpha value is -3.17. The van der Waals surface area contributed by atoms with Gasteiger partial charge in [0.25, 0.3) is 15.9 Å². The Morgan fingerprint density at radius 1 is 1.11 bits per heavy atom. The van der Waals surface area contributed by atoms with E-state index in [0.29, 0.717) is 16.3 Å². The van der Waals surface area contributed by atoms with E-state index in [0.717, 1.165) is 0 Å². The number of amides is 1. The Kier molecular flexibility index (Phi) is 5.76. The fourth-order valence-corrected chi connectivity index (χ4v) is 3.58.